The van der Waals surface area contributed by atoms with Crippen molar-refractivity contribution in [3.05, 3.63) is 56.5 Å². The summed E-state index contributed by atoms with van der Waals surface area (Å²) in [6, 6.07) is 7.58. The zero-order valence-corrected chi connectivity index (χ0v) is 17.6. The topological polar surface area (TPSA) is 78.1 Å². The van der Waals surface area contributed by atoms with Crippen LogP contribution in [0.4, 0.5) is 0 Å². The first kappa shape index (κ1) is 21.5. The van der Waals surface area contributed by atoms with Crippen LogP contribution in [0.15, 0.2) is 34.2 Å². The fourth-order valence-electron chi connectivity index (χ4n) is 2.83. The monoisotopic (exact) mass is 408 g/mol. The number of aryl methyl sites for hydroxylation is 1. The Morgan fingerprint density at radius 1 is 1.37 bits per heavy atom. The molecule has 0 fully saturated rings. The van der Waals surface area contributed by atoms with Gasteiger partial charge >= 0.3 is 0 Å². The first-order chi connectivity index (χ1) is 12.8. The Bertz CT molecular complexity index is 854. The fourth-order valence-corrected chi connectivity index (χ4v) is 3.51. The highest BCUT2D eigenvalue weighted by Gasteiger charge is 2.18. The smallest absolute Gasteiger partial charge is 0.254 e. The summed E-state index contributed by atoms with van der Waals surface area (Å²) in [4.78, 5) is 33.5. The van der Waals surface area contributed by atoms with Crippen molar-refractivity contribution < 1.29 is 4.79 Å². The van der Waals surface area contributed by atoms with Gasteiger partial charge in [-0.1, -0.05) is 41.6 Å². The average molecular weight is 409 g/mol. The lowest BCUT2D eigenvalue weighted by Gasteiger charge is -2.26. The van der Waals surface area contributed by atoms with Gasteiger partial charge in [0.1, 0.15) is 0 Å². The van der Waals surface area contributed by atoms with Crippen molar-refractivity contribution in [3.63, 3.8) is 0 Å². The van der Waals surface area contributed by atoms with Crippen LogP contribution in [-0.4, -0.2) is 47.7 Å². The van der Waals surface area contributed by atoms with Gasteiger partial charge in [-0.3, -0.25) is 9.59 Å². The molecule has 0 saturated heterocycles. The highest BCUT2D eigenvalue weighted by Crippen LogP contribution is 2.25. The summed E-state index contributed by atoms with van der Waals surface area (Å²) in [5, 5.41) is 4.20. The van der Waals surface area contributed by atoms with Gasteiger partial charge < -0.3 is 15.2 Å². The number of carbonyl (C=O) groups excluding carboxylic acids is 1. The predicted octanol–water partition coefficient (Wildman–Crippen LogP) is 2.81. The van der Waals surface area contributed by atoms with Crippen LogP contribution < -0.4 is 10.9 Å². The lowest BCUT2D eigenvalue weighted by atomic mass is 10.1. The molecule has 1 aromatic carbocycles. The molecule has 1 amide bonds. The zero-order valence-electron chi connectivity index (χ0n) is 16.0. The van der Waals surface area contributed by atoms with E-state index >= 15 is 0 Å². The van der Waals surface area contributed by atoms with Crippen molar-refractivity contribution in [2.24, 2.45) is 0 Å². The number of hydrogen-bond acceptors (Lipinski definition) is 5. The second kappa shape index (κ2) is 9.92. The maximum atomic E-state index is 12.3. The number of nitrogens with zero attached hydrogens (tertiary/aromatic N) is 2. The van der Waals surface area contributed by atoms with E-state index in [2.05, 4.69) is 15.3 Å². The summed E-state index contributed by atoms with van der Waals surface area (Å²) in [5.41, 5.74) is 2.01. The molecular weight excluding hydrogens is 384 g/mol. The van der Waals surface area contributed by atoms with E-state index in [9.17, 15) is 9.59 Å². The van der Waals surface area contributed by atoms with Crippen LogP contribution in [0.25, 0.3) is 0 Å². The molecule has 6 nitrogen and oxygen atoms in total. The summed E-state index contributed by atoms with van der Waals surface area (Å²) >= 11 is 7.67. The molecule has 0 unspecified atom stereocenters. The zero-order chi connectivity index (χ0) is 20.0. The summed E-state index contributed by atoms with van der Waals surface area (Å²) in [5.74, 6) is -0.110. The predicted molar refractivity (Wildman–Crippen MR) is 111 cm³/mol. The fraction of sp³-hybridized carbons (Fsp3) is 0.421. The highest BCUT2D eigenvalue weighted by atomic mass is 35.5. The first-order valence-electron chi connectivity index (χ1n) is 8.64. The van der Waals surface area contributed by atoms with Crippen LogP contribution in [0.3, 0.4) is 0 Å². The van der Waals surface area contributed by atoms with E-state index in [4.69, 9.17) is 11.6 Å². The second-order valence-corrected chi connectivity index (χ2v) is 7.65. The molecule has 1 aromatic heterocycles. The Kier molecular flexibility index (Phi) is 7.89. The number of benzene rings is 1. The number of carbonyl (C=O) groups is 1. The number of hydrogen-bond donors (Lipinski definition) is 2. The molecule has 8 heteroatoms. The van der Waals surface area contributed by atoms with Gasteiger partial charge in [-0.15, -0.1) is 0 Å². The normalized spacial score (nSPS) is 12.2. The molecule has 0 saturated carbocycles. The third kappa shape index (κ3) is 5.82. The Hall–Kier alpha value is -1.83. The summed E-state index contributed by atoms with van der Waals surface area (Å²) in [6.45, 7) is 2.23. The molecule has 0 aliphatic heterocycles. The van der Waals surface area contributed by atoms with E-state index < -0.39 is 0 Å². The van der Waals surface area contributed by atoms with Crippen LogP contribution in [0, 0.1) is 6.92 Å². The molecule has 0 aliphatic carbocycles. The molecule has 0 radical (unpaired) electrons. The number of H-pyrrole nitrogens is 1. The van der Waals surface area contributed by atoms with Crippen molar-refractivity contribution in [2.45, 2.75) is 31.0 Å². The van der Waals surface area contributed by atoms with Gasteiger partial charge in [0.2, 0.25) is 5.91 Å². The third-order valence-corrected chi connectivity index (χ3v) is 5.30. The Morgan fingerprint density at radius 3 is 2.67 bits per heavy atom. The molecule has 2 N–H and O–H groups in total. The first-order valence-corrected chi connectivity index (χ1v) is 10.2. The number of nitrogens with one attached hydrogen (secondary N) is 2. The van der Waals surface area contributed by atoms with Gasteiger partial charge in [0.05, 0.1) is 6.04 Å². The quantitative estimate of drug-likeness (QED) is 0.518. The number of aromatic nitrogens is 2. The van der Waals surface area contributed by atoms with E-state index in [-0.39, 0.29) is 23.9 Å². The van der Waals surface area contributed by atoms with Crippen LogP contribution in [0.1, 0.15) is 29.3 Å². The third-order valence-electron chi connectivity index (χ3n) is 4.38. The standard InChI is InChI=1S/C19H25ClN4O2S/c1-12-13(18(26)23-19(22-12)27-4)9-10-17(25)21-11-16(24(2)3)14-7-5-6-8-15(14)20/h5-8,16H,9-11H2,1-4H3,(H,21,25)(H,22,23,26)/t16-/m1/s1. The molecule has 0 aliphatic rings. The number of rotatable bonds is 8. The van der Waals surface area contributed by atoms with Gasteiger partial charge in [0, 0.05) is 29.2 Å². The maximum absolute atomic E-state index is 12.3. The molecule has 2 rings (SSSR count). The highest BCUT2D eigenvalue weighted by molar-refractivity contribution is 7.98. The van der Waals surface area contributed by atoms with Crippen molar-refractivity contribution >= 4 is 29.3 Å². The molecule has 1 heterocycles. The van der Waals surface area contributed by atoms with E-state index in [1.165, 1.54) is 11.8 Å². The van der Waals surface area contributed by atoms with Crippen LogP contribution in [-0.2, 0) is 11.2 Å². The number of halogens is 1. The van der Waals surface area contributed by atoms with Gasteiger partial charge in [-0.2, -0.15) is 0 Å². The minimum atomic E-state index is -0.179. The van der Waals surface area contributed by atoms with Crippen molar-refractivity contribution in [3.8, 4) is 0 Å². The lowest BCUT2D eigenvalue weighted by Crippen LogP contribution is -2.35. The van der Waals surface area contributed by atoms with Crippen molar-refractivity contribution in [1.29, 1.82) is 0 Å². The van der Waals surface area contributed by atoms with Crippen LogP contribution in [0.2, 0.25) is 5.02 Å². The van der Waals surface area contributed by atoms with Crippen molar-refractivity contribution in [2.75, 3.05) is 26.9 Å². The maximum Gasteiger partial charge on any atom is 0.254 e. The summed E-state index contributed by atoms with van der Waals surface area (Å²) in [7, 11) is 3.89. The van der Waals surface area contributed by atoms with Crippen LogP contribution >= 0.6 is 23.4 Å². The van der Waals surface area contributed by atoms with Gasteiger partial charge in [-0.05, 0) is 45.3 Å². The Balaban J connectivity index is 1.98. The summed E-state index contributed by atoms with van der Waals surface area (Å²) in [6.07, 6.45) is 2.44. The Labute approximate surface area is 168 Å². The number of likely N-dealkylation sites (N-methyl/N-ethyl adjacent to an activating group) is 1. The van der Waals surface area contributed by atoms with Gasteiger partial charge in [0.25, 0.3) is 5.56 Å². The van der Waals surface area contributed by atoms with E-state index in [0.717, 1.165) is 5.56 Å². The van der Waals surface area contributed by atoms with Crippen molar-refractivity contribution in [1.82, 2.24) is 20.2 Å². The molecular formula is C19H25ClN4O2S. The van der Waals surface area contributed by atoms with E-state index in [0.29, 0.717) is 34.4 Å². The summed E-state index contributed by atoms with van der Waals surface area (Å²) < 4.78 is 0. The largest absolute Gasteiger partial charge is 0.354 e. The van der Waals surface area contributed by atoms with Gasteiger partial charge in [0.15, 0.2) is 5.16 Å². The Morgan fingerprint density at radius 2 is 2.07 bits per heavy atom. The lowest BCUT2D eigenvalue weighted by molar-refractivity contribution is -0.121. The van der Waals surface area contributed by atoms with Gasteiger partial charge in [-0.25, -0.2) is 4.98 Å². The SMILES string of the molecule is CSc1nc(C)c(CCC(=O)NC[C@H](c2ccccc2Cl)N(C)C)c(=O)[nH]1. The molecule has 146 valence electrons. The molecule has 2 aromatic rings. The molecule has 0 bridgehead atoms. The molecule has 27 heavy (non-hydrogen) atoms. The molecule has 1 atom stereocenters. The number of thioether (sulfide) groups is 1. The number of amides is 1. The second-order valence-electron chi connectivity index (χ2n) is 6.44. The minimum Gasteiger partial charge on any atom is -0.354 e. The average Bonchev–Trinajstić information content (AvgIpc) is 2.62. The van der Waals surface area contributed by atoms with Crippen LogP contribution in [0.5, 0.6) is 0 Å². The van der Waals surface area contributed by atoms with E-state index in [1.807, 2.05) is 49.5 Å². The minimum absolute atomic E-state index is 0.0321. The molecule has 0 spiro atoms. The van der Waals surface area contributed by atoms with E-state index in [1.54, 1.807) is 6.92 Å². The number of aromatic amines is 1.